The van der Waals surface area contributed by atoms with Crippen LogP contribution in [0.3, 0.4) is 0 Å². The fraction of sp³-hybridized carbons (Fsp3) is 0.400. The minimum atomic E-state index is -3.63. The average molecular weight is 375 g/mol. The Morgan fingerprint density at radius 3 is 2.38 bits per heavy atom. The molecule has 0 unspecified atom stereocenters. The molecule has 0 radical (unpaired) electrons. The van der Waals surface area contributed by atoms with Gasteiger partial charge >= 0.3 is 0 Å². The molecule has 0 bridgehead atoms. The van der Waals surface area contributed by atoms with Gasteiger partial charge in [0, 0.05) is 11.6 Å². The molecule has 0 aromatic heterocycles. The highest BCUT2D eigenvalue weighted by molar-refractivity contribution is 7.89. The van der Waals surface area contributed by atoms with Gasteiger partial charge in [0.05, 0.1) is 19.1 Å². The normalized spacial score (nSPS) is 15.2. The van der Waals surface area contributed by atoms with E-state index in [-0.39, 0.29) is 0 Å². The number of ether oxygens (including phenoxy) is 2. The topological polar surface area (TPSA) is 64.6 Å². The highest BCUT2D eigenvalue weighted by atomic mass is 32.2. The van der Waals surface area contributed by atoms with E-state index in [1.807, 2.05) is 12.1 Å². The Kier molecular flexibility index (Phi) is 5.53. The summed E-state index contributed by atoms with van der Waals surface area (Å²) < 4.78 is 39.1. The van der Waals surface area contributed by atoms with Crippen molar-refractivity contribution in [3.05, 3.63) is 53.1 Å². The van der Waals surface area contributed by atoms with Crippen LogP contribution in [0, 0.1) is 0 Å². The van der Waals surface area contributed by atoms with Gasteiger partial charge in [-0.3, -0.25) is 0 Å². The van der Waals surface area contributed by atoms with E-state index < -0.39 is 16.1 Å². The number of hydrogen-bond acceptors (Lipinski definition) is 4. The van der Waals surface area contributed by atoms with Gasteiger partial charge in [-0.1, -0.05) is 6.07 Å². The minimum absolute atomic E-state index is 0.312. The SMILES string of the molecule is COc1ccc(OC)c([C@H](C)NS(=O)(=O)c2ccc3c(c2)CCCC3)c1. The number of methoxy groups -OCH3 is 2. The second kappa shape index (κ2) is 7.68. The van der Waals surface area contributed by atoms with Gasteiger partial charge < -0.3 is 9.47 Å². The first-order valence-electron chi connectivity index (χ1n) is 8.80. The van der Waals surface area contributed by atoms with E-state index in [4.69, 9.17) is 9.47 Å². The van der Waals surface area contributed by atoms with Crippen LogP contribution in [-0.2, 0) is 22.9 Å². The zero-order valence-corrected chi connectivity index (χ0v) is 16.2. The maximum absolute atomic E-state index is 12.9. The highest BCUT2D eigenvalue weighted by Crippen LogP contribution is 2.31. The molecular weight excluding hydrogens is 350 g/mol. The van der Waals surface area contributed by atoms with Crippen molar-refractivity contribution < 1.29 is 17.9 Å². The molecule has 0 aliphatic heterocycles. The van der Waals surface area contributed by atoms with Crippen LogP contribution in [0.25, 0.3) is 0 Å². The van der Waals surface area contributed by atoms with Gasteiger partial charge in [0.25, 0.3) is 0 Å². The third kappa shape index (κ3) is 3.86. The molecule has 0 spiro atoms. The molecule has 26 heavy (non-hydrogen) atoms. The Labute approximate surface area is 155 Å². The van der Waals surface area contributed by atoms with E-state index >= 15 is 0 Å². The average Bonchev–Trinajstić information content (AvgIpc) is 2.66. The number of benzene rings is 2. The van der Waals surface area contributed by atoms with Crippen molar-refractivity contribution in [1.82, 2.24) is 4.72 Å². The van der Waals surface area contributed by atoms with Crippen molar-refractivity contribution in [2.24, 2.45) is 0 Å². The molecule has 0 saturated heterocycles. The fourth-order valence-electron chi connectivity index (χ4n) is 3.42. The van der Waals surface area contributed by atoms with E-state index in [1.54, 1.807) is 45.4 Å². The van der Waals surface area contributed by atoms with Gasteiger partial charge in [-0.15, -0.1) is 0 Å². The summed E-state index contributed by atoms with van der Waals surface area (Å²) >= 11 is 0. The van der Waals surface area contributed by atoms with Gasteiger partial charge in [0.1, 0.15) is 11.5 Å². The molecule has 1 atom stereocenters. The van der Waals surface area contributed by atoms with Gasteiger partial charge in [-0.2, -0.15) is 0 Å². The lowest BCUT2D eigenvalue weighted by atomic mass is 9.92. The maximum Gasteiger partial charge on any atom is 0.241 e. The second-order valence-electron chi connectivity index (χ2n) is 6.59. The molecule has 2 aromatic rings. The molecule has 1 N–H and O–H groups in total. The number of aryl methyl sites for hydroxylation is 2. The van der Waals surface area contributed by atoms with Crippen molar-refractivity contribution >= 4 is 10.0 Å². The number of hydrogen-bond donors (Lipinski definition) is 1. The first-order chi connectivity index (χ1) is 12.4. The third-order valence-corrected chi connectivity index (χ3v) is 6.40. The molecule has 0 fully saturated rings. The Hall–Kier alpha value is -2.05. The molecule has 5 nitrogen and oxygen atoms in total. The molecule has 6 heteroatoms. The second-order valence-corrected chi connectivity index (χ2v) is 8.30. The summed E-state index contributed by atoms with van der Waals surface area (Å²) in [5.74, 6) is 1.27. The van der Waals surface area contributed by atoms with Crippen LogP contribution >= 0.6 is 0 Å². The van der Waals surface area contributed by atoms with Crippen molar-refractivity contribution in [2.45, 2.75) is 43.5 Å². The molecule has 3 rings (SSSR count). The predicted octanol–water partition coefficient (Wildman–Crippen LogP) is 3.62. The van der Waals surface area contributed by atoms with E-state index in [9.17, 15) is 8.42 Å². The number of sulfonamides is 1. The summed E-state index contributed by atoms with van der Waals surface area (Å²) in [6, 6.07) is 10.3. The molecule has 0 saturated carbocycles. The summed E-state index contributed by atoms with van der Waals surface area (Å²) in [4.78, 5) is 0.312. The van der Waals surface area contributed by atoms with E-state index in [0.29, 0.717) is 16.4 Å². The zero-order valence-electron chi connectivity index (χ0n) is 15.4. The lowest BCUT2D eigenvalue weighted by Crippen LogP contribution is -2.27. The molecule has 1 aliphatic carbocycles. The Balaban J connectivity index is 1.87. The predicted molar refractivity (Wildman–Crippen MR) is 101 cm³/mol. The Morgan fingerprint density at radius 1 is 0.962 bits per heavy atom. The first-order valence-corrected chi connectivity index (χ1v) is 10.3. The number of rotatable bonds is 6. The summed E-state index contributed by atoms with van der Waals surface area (Å²) in [6.45, 7) is 1.80. The van der Waals surface area contributed by atoms with Crippen LogP contribution in [0.2, 0.25) is 0 Å². The maximum atomic E-state index is 12.9. The standard InChI is InChI=1S/C20H25NO4S/c1-14(19-13-17(24-2)9-11-20(19)25-3)21-26(22,23)18-10-8-15-6-4-5-7-16(15)12-18/h8-14,21H,4-7H2,1-3H3/t14-/m0/s1. The van der Waals surface area contributed by atoms with Crippen LogP contribution in [0.4, 0.5) is 0 Å². The first kappa shape index (κ1) is 18.7. The van der Waals surface area contributed by atoms with E-state index in [0.717, 1.165) is 30.4 Å². The summed E-state index contributed by atoms with van der Waals surface area (Å²) in [5, 5.41) is 0. The summed E-state index contributed by atoms with van der Waals surface area (Å²) in [5.41, 5.74) is 3.14. The smallest absolute Gasteiger partial charge is 0.241 e. The summed E-state index contributed by atoms with van der Waals surface area (Å²) in [6.07, 6.45) is 4.25. The minimum Gasteiger partial charge on any atom is -0.497 e. The van der Waals surface area contributed by atoms with Gasteiger partial charge in [-0.25, -0.2) is 13.1 Å². The van der Waals surface area contributed by atoms with Crippen molar-refractivity contribution in [3.63, 3.8) is 0 Å². The molecular formula is C20H25NO4S. The van der Waals surface area contributed by atoms with Crippen LogP contribution in [-0.4, -0.2) is 22.6 Å². The molecule has 1 aliphatic rings. The lowest BCUT2D eigenvalue weighted by Gasteiger charge is -2.20. The number of fused-ring (bicyclic) bond motifs is 1. The molecule has 140 valence electrons. The molecule has 2 aromatic carbocycles. The monoisotopic (exact) mass is 375 g/mol. The van der Waals surface area contributed by atoms with Gasteiger partial charge in [0.2, 0.25) is 10.0 Å². The zero-order chi connectivity index (χ0) is 18.7. The third-order valence-electron chi connectivity index (χ3n) is 4.87. The van der Waals surface area contributed by atoms with Crippen LogP contribution in [0.1, 0.15) is 42.5 Å². The lowest BCUT2D eigenvalue weighted by molar-refractivity contribution is 0.395. The van der Waals surface area contributed by atoms with Crippen molar-refractivity contribution in [3.8, 4) is 11.5 Å². The van der Waals surface area contributed by atoms with Crippen molar-refractivity contribution in [2.75, 3.05) is 14.2 Å². The largest absolute Gasteiger partial charge is 0.497 e. The van der Waals surface area contributed by atoms with Gasteiger partial charge in [0.15, 0.2) is 0 Å². The van der Waals surface area contributed by atoms with Crippen molar-refractivity contribution in [1.29, 1.82) is 0 Å². The quantitative estimate of drug-likeness (QED) is 0.837. The van der Waals surface area contributed by atoms with Gasteiger partial charge in [-0.05, 0) is 74.1 Å². The Bertz CT molecular complexity index is 893. The van der Waals surface area contributed by atoms with Crippen LogP contribution < -0.4 is 14.2 Å². The van der Waals surface area contributed by atoms with Crippen LogP contribution in [0.5, 0.6) is 11.5 Å². The van der Waals surface area contributed by atoms with E-state index in [1.165, 1.54) is 12.0 Å². The summed E-state index contributed by atoms with van der Waals surface area (Å²) in [7, 11) is -0.490. The highest BCUT2D eigenvalue weighted by Gasteiger charge is 2.22. The fourth-order valence-corrected chi connectivity index (χ4v) is 4.69. The van der Waals surface area contributed by atoms with Crippen LogP contribution in [0.15, 0.2) is 41.3 Å². The number of nitrogens with one attached hydrogen (secondary N) is 1. The molecule has 0 amide bonds. The Morgan fingerprint density at radius 2 is 1.69 bits per heavy atom. The van der Waals surface area contributed by atoms with E-state index in [2.05, 4.69) is 4.72 Å². The molecule has 0 heterocycles.